The highest BCUT2D eigenvalue weighted by Crippen LogP contribution is 2.63. The predicted molar refractivity (Wildman–Crippen MR) is 82.7 cm³/mol. The molecular formula is C19H28O2. The van der Waals surface area contributed by atoms with Crippen LogP contribution < -0.4 is 0 Å². The minimum atomic E-state index is -0.194. The van der Waals surface area contributed by atoms with Crippen LogP contribution >= 0.6 is 0 Å². The molecule has 3 fully saturated rings. The van der Waals surface area contributed by atoms with Gasteiger partial charge in [-0.1, -0.05) is 25.8 Å². The first-order valence-electron chi connectivity index (χ1n) is 8.90. The summed E-state index contributed by atoms with van der Waals surface area (Å²) in [6.45, 7) is 4.66. The molecule has 3 saturated carbocycles. The third-order valence-electron chi connectivity index (χ3n) is 7.81. The average Bonchev–Trinajstić information content (AvgIpc) is 2.76. The van der Waals surface area contributed by atoms with Gasteiger partial charge in [-0.3, -0.25) is 4.79 Å². The molecule has 0 heterocycles. The number of hydrogen-bond donors (Lipinski definition) is 1. The number of aliphatic hydroxyl groups excluding tert-OH is 1. The van der Waals surface area contributed by atoms with Crippen molar-refractivity contribution >= 4 is 5.78 Å². The lowest BCUT2D eigenvalue weighted by molar-refractivity contribution is -0.135. The first kappa shape index (κ1) is 14.0. The minimum Gasteiger partial charge on any atom is -0.393 e. The molecule has 0 spiro atoms. The zero-order valence-corrected chi connectivity index (χ0v) is 13.4. The summed E-state index contributed by atoms with van der Waals surface area (Å²) < 4.78 is 0. The number of carbonyl (C=O) groups is 1. The molecule has 0 saturated heterocycles. The number of ketones is 1. The zero-order chi connectivity index (χ0) is 14.8. The lowest BCUT2D eigenvalue weighted by Crippen LogP contribution is -2.53. The molecule has 0 aromatic heterocycles. The first-order valence-corrected chi connectivity index (χ1v) is 8.90. The number of allylic oxidation sites excluding steroid dienone is 2. The summed E-state index contributed by atoms with van der Waals surface area (Å²) in [6, 6.07) is 0. The Morgan fingerprint density at radius 3 is 2.71 bits per heavy atom. The molecule has 0 aromatic rings. The maximum absolute atomic E-state index is 12.9. The average molecular weight is 288 g/mol. The molecular weight excluding hydrogens is 260 g/mol. The van der Waals surface area contributed by atoms with Crippen LogP contribution in [-0.2, 0) is 4.79 Å². The van der Waals surface area contributed by atoms with Gasteiger partial charge in [0.15, 0.2) is 5.78 Å². The fourth-order valence-electron chi connectivity index (χ4n) is 6.41. The third kappa shape index (κ3) is 1.72. The van der Waals surface area contributed by atoms with Crippen molar-refractivity contribution in [2.75, 3.05) is 0 Å². The molecule has 1 unspecified atom stereocenters. The van der Waals surface area contributed by atoms with Gasteiger partial charge in [-0.05, 0) is 73.7 Å². The summed E-state index contributed by atoms with van der Waals surface area (Å²) in [5.41, 5.74) is 1.71. The van der Waals surface area contributed by atoms with Crippen LogP contribution in [0.15, 0.2) is 11.6 Å². The number of rotatable bonds is 0. The van der Waals surface area contributed by atoms with Crippen molar-refractivity contribution in [3.8, 4) is 0 Å². The standard InChI is InChI=1S/C19H28O2/c1-18-9-4-3-5-12(18)11-15(20)17-13-6-7-16(21)19(13,2)10-8-14(17)18/h11,13-14,16-17,21H,3-10H2,1-2H3/t13-,14-,16?,17-,18-,19-/m0/s1. The van der Waals surface area contributed by atoms with Crippen LogP contribution in [0.25, 0.3) is 0 Å². The van der Waals surface area contributed by atoms with E-state index in [0.717, 1.165) is 32.1 Å². The van der Waals surface area contributed by atoms with Gasteiger partial charge in [0.25, 0.3) is 0 Å². The molecule has 0 aliphatic heterocycles. The Bertz CT molecular complexity index is 508. The topological polar surface area (TPSA) is 37.3 Å². The van der Waals surface area contributed by atoms with Gasteiger partial charge < -0.3 is 5.11 Å². The summed E-state index contributed by atoms with van der Waals surface area (Å²) in [6.07, 6.45) is 11.0. The maximum Gasteiger partial charge on any atom is 0.159 e. The van der Waals surface area contributed by atoms with Crippen molar-refractivity contribution in [2.45, 2.75) is 71.3 Å². The predicted octanol–water partition coefficient (Wildman–Crippen LogP) is 3.88. The summed E-state index contributed by atoms with van der Waals surface area (Å²) >= 11 is 0. The lowest BCUT2D eigenvalue weighted by Gasteiger charge is -2.56. The highest BCUT2D eigenvalue weighted by atomic mass is 16.3. The molecule has 0 aromatic carbocycles. The Kier molecular flexibility index (Phi) is 2.96. The molecule has 2 nitrogen and oxygen atoms in total. The van der Waals surface area contributed by atoms with Crippen LogP contribution in [0.4, 0.5) is 0 Å². The number of aliphatic hydroxyl groups is 1. The second-order valence-electron chi connectivity index (χ2n) is 8.57. The van der Waals surface area contributed by atoms with E-state index in [0.29, 0.717) is 17.6 Å². The second kappa shape index (κ2) is 4.44. The van der Waals surface area contributed by atoms with E-state index in [1.807, 2.05) is 6.08 Å². The molecule has 6 atom stereocenters. The SMILES string of the molecule is C[C@]12CCCCC1=CC(=O)[C@@H]1[C@@H]2CC[C@]2(C)C(O)CC[C@@H]12. The Labute approximate surface area is 128 Å². The minimum absolute atomic E-state index is 0.00675. The molecule has 4 aliphatic carbocycles. The van der Waals surface area contributed by atoms with Crippen molar-refractivity contribution in [3.05, 3.63) is 11.6 Å². The summed E-state index contributed by atoms with van der Waals surface area (Å²) in [7, 11) is 0. The van der Waals surface area contributed by atoms with Crippen LogP contribution in [0.1, 0.15) is 65.2 Å². The van der Waals surface area contributed by atoms with E-state index in [-0.39, 0.29) is 22.9 Å². The smallest absolute Gasteiger partial charge is 0.159 e. The van der Waals surface area contributed by atoms with Gasteiger partial charge in [0.2, 0.25) is 0 Å². The van der Waals surface area contributed by atoms with Gasteiger partial charge in [-0.2, -0.15) is 0 Å². The van der Waals surface area contributed by atoms with E-state index in [9.17, 15) is 9.90 Å². The Balaban J connectivity index is 1.76. The summed E-state index contributed by atoms with van der Waals surface area (Å²) in [4.78, 5) is 12.9. The Morgan fingerprint density at radius 2 is 1.90 bits per heavy atom. The summed E-state index contributed by atoms with van der Waals surface area (Å²) in [5.74, 6) is 1.52. The molecule has 4 aliphatic rings. The van der Waals surface area contributed by atoms with Crippen molar-refractivity contribution in [2.24, 2.45) is 28.6 Å². The van der Waals surface area contributed by atoms with E-state index in [1.54, 1.807) is 0 Å². The van der Waals surface area contributed by atoms with Gasteiger partial charge in [-0.25, -0.2) is 0 Å². The largest absolute Gasteiger partial charge is 0.393 e. The van der Waals surface area contributed by atoms with Crippen LogP contribution in [0.3, 0.4) is 0 Å². The van der Waals surface area contributed by atoms with E-state index < -0.39 is 0 Å². The van der Waals surface area contributed by atoms with Crippen molar-refractivity contribution in [3.63, 3.8) is 0 Å². The van der Waals surface area contributed by atoms with E-state index >= 15 is 0 Å². The fraction of sp³-hybridized carbons (Fsp3) is 0.842. The first-order chi connectivity index (χ1) is 9.97. The van der Waals surface area contributed by atoms with E-state index in [1.165, 1.54) is 24.8 Å². The second-order valence-corrected chi connectivity index (χ2v) is 8.57. The van der Waals surface area contributed by atoms with Gasteiger partial charge in [-0.15, -0.1) is 0 Å². The van der Waals surface area contributed by atoms with Crippen molar-refractivity contribution < 1.29 is 9.90 Å². The van der Waals surface area contributed by atoms with E-state index in [4.69, 9.17) is 0 Å². The van der Waals surface area contributed by atoms with Crippen molar-refractivity contribution in [1.82, 2.24) is 0 Å². The van der Waals surface area contributed by atoms with Gasteiger partial charge in [0.05, 0.1) is 6.10 Å². The molecule has 116 valence electrons. The molecule has 21 heavy (non-hydrogen) atoms. The molecule has 0 bridgehead atoms. The lowest BCUT2D eigenvalue weighted by atomic mass is 9.48. The Morgan fingerprint density at radius 1 is 1.10 bits per heavy atom. The highest BCUT2D eigenvalue weighted by molar-refractivity contribution is 5.94. The fourth-order valence-corrected chi connectivity index (χ4v) is 6.41. The zero-order valence-electron chi connectivity index (χ0n) is 13.4. The van der Waals surface area contributed by atoms with Gasteiger partial charge in [0.1, 0.15) is 0 Å². The van der Waals surface area contributed by atoms with Crippen molar-refractivity contribution in [1.29, 1.82) is 0 Å². The van der Waals surface area contributed by atoms with E-state index in [2.05, 4.69) is 13.8 Å². The highest BCUT2D eigenvalue weighted by Gasteiger charge is 2.60. The third-order valence-corrected chi connectivity index (χ3v) is 7.81. The van der Waals surface area contributed by atoms with Crippen LogP contribution in [0.5, 0.6) is 0 Å². The molecule has 4 rings (SSSR count). The quantitative estimate of drug-likeness (QED) is 0.734. The number of fused-ring (bicyclic) bond motifs is 5. The molecule has 0 amide bonds. The normalized spacial score (nSPS) is 52.7. The monoisotopic (exact) mass is 288 g/mol. The number of carbonyl (C=O) groups excluding carboxylic acids is 1. The molecule has 2 heteroatoms. The maximum atomic E-state index is 12.9. The molecule has 1 N–H and O–H groups in total. The van der Waals surface area contributed by atoms with Crippen LogP contribution in [0, 0.1) is 28.6 Å². The Hall–Kier alpha value is -0.630. The van der Waals surface area contributed by atoms with Crippen LogP contribution in [-0.4, -0.2) is 17.0 Å². The molecule has 0 radical (unpaired) electrons. The van der Waals surface area contributed by atoms with Crippen LogP contribution in [0.2, 0.25) is 0 Å². The summed E-state index contributed by atoms with van der Waals surface area (Å²) in [5, 5.41) is 10.4. The van der Waals surface area contributed by atoms with Gasteiger partial charge >= 0.3 is 0 Å². The van der Waals surface area contributed by atoms with Gasteiger partial charge in [0, 0.05) is 5.92 Å². The number of hydrogen-bond acceptors (Lipinski definition) is 2.